The fraction of sp³-hybridized carbons (Fsp3) is 0.529. The molecule has 2 fully saturated rings. The molecule has 24 heavy (non-hydrogen) atoms. The Bertz CT molecular complexity index is 630. The van der Waals surface area contributed by atoms with Gasteiger partial charge in [-0.3, -0.25) is 15.0 Å². The molecule has 3 rings (SSSR count). The lowest BCUT2D eigenvalue weighted by Crippen LogP contribution is -2.49. The minimum absolute atomic E-state index is 0.255. The van der Waals surface area contributed by atoms with Gasteiger partial charge in [-0.2, -0.15) is 0 Å². The van der Waals surface area contributed by atoms with Crippen molar-refractivity contribution in [1.29, 1.82) is 0 Å². The van der Waals surface area contributed by atoms with Crippen LogP contribution in [-0.4, -0.2) is 43.3 Å². The lowest BCUT2D eigenvalue weighted by Gasteiger charge is -2.34. The quantitative estimate of drug-likeness (QED) is 0.873. The highest BCUT2D eigenvalue weighted by molar-refractivity contribution is 6.34. The van der Waals surface area contributed by atoms with Gasteiger partial charge in [-0.1, -0.05) is 11.6 Å². The van der Waals surface area contributed by atoms with Crippen LogP contribution in [0.15, 0.2) is 18.2 Å². The monoisotopic (exact) mass is 351 g/mol. The second-order valence-corrected chi connectivity index (χ2v) is 6.74. The first kappa shape index (κ1) is 17.0. The summed E-state index contributed by atoms with van der Waals surface area (Å²) in [4.78, 5) is 27.0. The molecule has 2 aliphatic rings. The molecule has 0 radical (unpaired) electrons. The number of anilines is 2. The zero-order chi connectivity index (χ0) is 17.1. The van der Waals surface area contributed by atoms with E-state index in [2.05, 4.69) is 10.2 Å². The predicted molar refractivity (Wildman–Crippen MR) is 93.6 cm³/mol. The normalized spacial score (nSPS) is 19.6. The topological polar surface area (TPSA) is 72.9 Å². The van der Waals surface area contributed by atoms with Gasteiger partial charge in [-0.15, -0.1) is 0 Å². The van der Waals surface area contributed by atoms with E-state index in [1.807, 2.05) is 18.2 Å². The van der Waals surface area contributed by atoms with E-state index in [9.17, 15) is 9.59 Å². The van der Waals surface area contributed by atoms with Gasteiger partial charge in [0.2, 0.25) is 5.91 Å². The third kappa shape index (κ3) is 3.65. The number of halogens is 1. The Kier molecular flexibility index (Phi) is 5.26. The number of aliphatic hydroxyl groups excluding tert-OH is 1. The van der Waals surface area contributed by atoms with Crippen LogP contribution in [0.3, 0.4) is 0 Å². The van der Waals surface area contributed by atoms with E-state index in [1.165, 1.54) is 4.90 Å². The fourth-order valence-electron chi connectivity index (χ4n) is 3.37. The molecule has 130 valence electrons. The molecular weight excluding hydrogens is 330 g/mol. The number of carbonyl (C=O) groups excluding carboxylic acids is 2. The lowest BCUT2D eigenvalue weighted by atomic mass is 9.93. The van der Waals surface area contributed by atoms with Gasteiger partial charge in [0.05, 0.1) is 10.7 Å². The molecular formula is C17H22ClN3O3. The average Bonchev–Trinajstić information content (AvgIpc) is 2.56. The maximum Gasteiger partial charge on any atom is 0.328 e. The van der Waals surface area contributed by atoms with Crippen molar-refractivity contribution < 1.29 is 14.7 Å². The van der Waals surface area contributed by atoms with Crippen LogP contribution >= 0.6 is 11.6 Å². The molecule has 1 aromatic carbocycles. The van der Waals surface area contributed by atoms with E-state index in [0.29, 0.717) is 23.2 Å². The van der Waals surface area contributed by atoms with Crippen molar-refractivity contribution in [3.05, 3.63) is 23.2 Å². The molecule has 2 aliphatic heterocycles. The fourth-order valence-corrected chi connectivity index (χ4v) is 3.64. The van der Waals surface area contributed by atoms with Gasteiger partial charge < -0.3 is 10.0 Å². The number of nitrogens with one attached hydrogen (secondary N) is 1. The average molecular weight is 352 g/mol. The van der Waals surface area contributed by atoms with E-state index in [0.717, 1.165) is 38.0 Å². The van der Waals surface area contributed by atoms with E-state index in [1.54, 1.807) is 0 Å². The van der Waals surface area contributed by atoms with Crippen molar-refractivity contribution in [3.8, 4) is 0 Å². The maximum atomic E-state index is 11.9. The van der Waals surface area contributed by atoms with E-state index >= 15 is 0 Å². The Morgan fingerprint density at radius 2 is 1.96 bits per heavy atom. The van der Waals surface area contributed by atoms with E-state index in [-0.39, 0.29) is 18.9 Å². The molecule has 2 heterocycles. The van der Waals surface area contributed by atoms with Crippen molar-refractivity contribution in [3.63, 3.8) is 0 Å². The summed E-state index contributed by atoms with van der Waals surface area (Å²) in [6.45, 7) is 2.49. The van der Waals surface area contributed by atoms with Gasteiger partial charge in [0.15, 0.2) is 0 Å². The molecule has 0 bridgehead atoms. The van der Waals surface area contributed by atoms with Gasteiger partial charge in [0, 0.05) is 38.3 Å². The number of piperidine rings is 1. The van der Waals surface area contributed by atoms with Gasteiger partial charge >= 0.3 is 6.03 Å². The van der Waals surface area contributed by atoms with Gasteiger partial charge in [-0.25, -0.2) is 4.79 Å². The summed E-state index contributed by atoms with van der Waals surface area (Å²) >= 11 is 6.40. The van der Waals surface area contributed by atoms with E-state index in [4.69, 9.17) is 16.7 Å². The number of carbonyl (C=O) groups is 2. The van der Waals surface area contributed by atoms with Crippen molar-refractivity contribution in [2.75, 3.05) is 36.0 Å². The van der Waals surface area contributed by atoms with Crippen LogP contribution in [0.25, 0.3) is 0 Å². The standard InChI is InChI=1S/C17H22ClN3O3/c18-14-11-13(20-7-3-12(4-8-20)6-10-22)1-2-15(14)21-9-5-16(23)19-17(21)24/h1-2,11-12,22H,3-10H2,(H,19,23,24). The highest BCUT2D eigenvalue weighted by atomic mass is 35.5. The number of aliphatic hydroxyl groups is 1. The Morgan fingerprint density at radius 1 is 1.21 bits per heavy atom. The minimum Gasteiger partial charge on any atom is -0.396 e. The van der Waals surface area contributed by atoms with E-state index < -0.39 is 6.03 Å². The zero-order valence-corrected chi connectivity index (χ0v) is 14.3. The summed E-state index contributed by atoms with van der Waals surface area (Å²) in [5, 5.41) is 11.9. The number of nitrogens with zero attached hydrogens (tertiary/aromatic N) is 2. The number of amides is 3. The van der Waals surface area contributed by atoms with Crippen LogP contribution in [0.2, 0.25) is 5.02 Å². The predicted octanol–water partition coefficient (Wildman–Crippen LogP) is 2.39. The van der Waals surface area contributed by atoms with Crippen molar-refractivity contribution >= 4 is 34.9 Å². The molecule has 7 heteroatoms. The Labute approximate surface area is 146 Å². The first-order valence-electron chi connectivity index (χ1n) is 8.35. The first-order chi connectivity index (χ1) is 11.6. The molecule has 0 aromatic heterocycles. The number of hydrogen-bond donors (Lipinski definition) is 2. The summed E-state index contributed by atoms with van der Waals surface area (Å²) in [5.41, 5.74) is 1.67. The SMILES string of the molecule is O=C1CCN(c2ccc(N3CCC(CCO)CC3)cc2Cl)C(=O)N1. The Morgan fingerprint density at radius 3 is 2.58 bits per heavy atom. The molecule has 6 nitrogen and oxygen atoms in total. The van der Waals surface area contributed by atoms with Gasteiger partial charge in [0.1, 0.15) is 0 Å². The van der Waals surface area contributed by atoms with Crippen molar-refractivity contribution in [1.82, 2.24) is 5.32 Å². The molecule has 0 unspecified atom stereocenters. The summed E-state index contributed by atoms with van der Waals surface area (Å²) in [6, 6.07) is 5.27. The number of hydrogen-bond acceptors (Lipinski definition) is 4. The highest BCUT2D eigenvalue weighted by Gasteiger charge is 2.26. The minimum atomic E-state index is -0.425. The molecule has 0 aliphatic carbocycles. The Balaban J connectivity index is 1.69. The summed E-state index contributed by atoms with van der Waals surface area (Å²) in [6.07, 6.45) is 3.28. The van der Waals surface area contributed by atoms with Crippen LogP contribution < -0.4 is 15.1 Å². The highest BCUT2D eigenvalue weighted by Crippen LogP contribution is 2.33. The van der Waals surface area contributed by atoms with Crippen LogP contribution in [0.4, 0.5) is 16.2 Å². The maximum absolute atomic E-state index is 11.9. The van der Waals surface area contributed by atoms with Gasteiger partial charge in [-0.05, 0) is 43.4 Å². The van der Waals surface area contributed by atoms with Gasteiger partial charge in [0.25, 0.3) is 0 Å². The van der Waals surface area contributed by atoms with Crippen LogP contribution in [-0.2, 0) is 4.79 Å². The molecule has 0 spiro atoms. The number of rotatable bonds is 4. The summed E-state index contributed by atoms with van der Waals surface area (Å²) in [5.74, 6) is 0.338. The molecule has 2 saturated heterocycles. The van der Waals surface area contributed by atoms with Crippen LogP contribution in [0.5, 0.6) is 0 Å². The largest absolute Gasteiger partial charge is 0.396 e. The summed E-state index contributed by atoms with van der Waals surface area (Å²) < 4.78 is 0. The van der Waals surface area contributed by atoms with Crippen molar-refractivity contribution in [2.45, 2.75) is 25.7 Å². The second kappa shape index (κ2) is 7.40. The molecule has 2 N–H and O–H groups in total. The smallest absolute Gasteiger partial charge is 0.328 e. The van der Waals surface area contributed by atoms with Crippen molar-refractivity contribution in [2.24, 2.45) is 5.92 Å². The number of urea groups is 1. The third-order valence-corrected chi connectivity index (χ3v) is 5.10. The van der Waals surface area contributed by atoms with Crippen LogP contribution in [0.1, 0.15) is 25.7 Å². The zero-order valence-electron chi connectivity index (χ0n) is 13.5. The third-order valence-electron chi connectivity index (χ3n) is 4.79. The second-order valence-electron chi connectivity index (χ2n) is 6.33. The van der Waals surface area contributed by atoms with Crippen LogP contribution in [0, 0.1) is 5.92 Å². The Hall–Kier alpha value is -1.79. The summed E-state index contributed by atoms with van der Waals surface area (Å²) in [7, 11) is 0. The lowest BCUT2D eigenvalue weighted by molar-refractivity contribution is -0.120. The molecule has 3 amide bonds. The molecule has 0 atom stereocenters. The number of benzene rings is 1. The molecule has 1 aromatic rings. The number of imide groups is 1. The first-order valence-corrected chi connectivity index (χ1v) is 8.73. The molecule has 0 saturated carbocycles.